The molecule has 3 heteroatoms. The first-order valence-electron chi connectivity index (χ1n) is 6.92. The molecule has 0 aliphatic carbocycles. The molecule has 3 nitrogen and oxygen atoms in total. The minimum absolute atomic E-state index is 0.592. The van der Waals surface area contributed by atoms with Gasteiger partial charge in [0, 0.05) is 31.0 Å². The van der Waals surface area contributed by atoms with Gasteiger partial charge in [-0.25, -0.2) is 0 Å². The third-order valence-electron chi connectivity index (χ3n) is 3.29. The highest BCUT2D eigenvalue weighted by molar-refractivity contribution is 5.09. The van der Waals surface area contributed by atoms with Crippen molar-refractivity contribution in [1.82, 2.24) is 15.2 Å². The lowest BCUT2D eigenvalue weighted by Gasteiger charge is -2.25. The Kier molecular flexibility index (Phi) is 6.91. The number of hydrogen-bond donors (Lipinski definition) is 1. The fraction of sp³-hybridized carbons (Fsp3) is 0.667. The number of aromatic nitrogens is 1. The van der Waals surface area contributed by atoms with Gasteiger partial charge in [0.15, 0.2) is 0 Å². The Morgan fingerprint density at radius 2 is 1.89 bits per heavy atom. The Labute approximate surface area is 112 Å². The van der Waals surface area contributed by atoms with E-state index in [2.05, 4.69) is 55.2 Å². The van der Waals surface area contributed by atoms with Gasteiger partial charge in [0.25, 0.3) is 0 Å². The molecule has 0 aliphatic heterocycles. The van der Waals surface area contributed by atoms with E-state index in [1.54, 1.807) is 0 Å². The maximum Gasteiger partial charge on any atom is 0.0271 e. The quantitative estimate of drug-likeness (QED) is 0.718. The third-order valence-corrected chi connectivity index (χ3v) is 3.29. The fourth-order valence-corrected chi connectivity index (χ4v) is 1.94. The SMILES string of the molecule is CC(C)NCCCC(C)N(C)Cc1ccncc1. The van der Waals surface area contributed by atoms with Crippen LogP contribution in [0.3, 0.4) is 0 Å². The first-order valence-corrected chi connectivity index (χ1v) is 6.92. The van der Waals surface area contributed by atoms with E-state index < -0.39 is 0 Å². The second-order valence-corrected chi connectivity index (χ2v) is 5.37. The highest BCUT2D eigenvalue weighted by atomic mass is 15.1. The van der Waals surface area contributed by atoms with Crippen LogP contribution in [0.4, 0.5) is 0 Å². The summed E-state index contributed by atoms with van der Waals surface area (Å²) >= 11 is 0. The Morgan fingerprint density at radius 1 is 1.22 bits per heavy atom. The van der Waals surface area contributed by atoms with E-state index in [1.807, 2.05) is 12.4 Å². The van der Waals surface area contributed by atoms with Crippen molar-refractivity contribution in [1.29, 1.82) is 0 Å². The average Bonchev–Trinajstić information content (AvgIpc) is 2.35. The fourth-order valence-electron chi connectivity index (χ4n) is 1.94. The Balaban J connectivity index is 2.22. The zero-order valence-electron chi connectivity index (χ0n) is 12.2. The second kappa shape index (κ2) is 8.22. The lowest BCUT2D eigenvalue weighted by atomic mass is 10.1. The zero-order chi connectivity index (χ0) is 13.4. The molecule has 1 rings (SSSR count). The Morgan fingerprint density at radius 3 is 2.50 bits per heavy atom. The summed E-state index contributed by atoms with van der Waals surface area (Å²) in [4.78, 5) is 6.46. The summed E-state index contributed by atoms with van der Waals surface area (Å²) in [7, 11) is 2.20. The summed E-state index contributed by atoms with van der Waals surface area (Å²) in [5.41, 5.74) is 1.33. The van der Waals surface area contributed by atoms with Gasteiger partial charge >= 0.3 is 0 Å². The van der Waals surface area contributed by atoms with Crippen LogP contribution in [-0.4, -0.2) is 35.6 Å². The van der Waals surface area contributed by atoms with Crippen molar-refractivity contribution in [3.05, 3.63) is 30.1 Å². The van der Waals surface area contributed by atoms with Gasteiger partial charge in [-0.05, 0) is 51.1 Å². The van der Waals surface area contributed by atoms with Crippen LogP contribution in [0.25, 0.3) is 0 Å². The van der Waals surface area contributed by atoms with Crippen LogP contribution < -0.4 is 5.32 Å². The molecule has 1 N–H and O–H groups in total. The first kappa shape index (κ1) is 15.1. The molecule has 1 heterocycles. The maximum absolute atomic E-state index is 4.05. The number of nitrogens with one attached hydrogen (secondary N) is 1. The van der Waals surface area contributed by atoms with Gasteiger partial charge < -0.3 is 5.32 Å². The highest BCUT2D eigenvalue weighted by Crippen LogP contribution is 2.09. The summed E-state index contributed by atoms with van der Waals surface area (Å²) < 4.78 is 0. The monoisotopic (exact) mass is 249 g/mol. The van der Waals surface area contributed by atoms with Gasteiger partial charge in [-0.3, -0.25) is 9.88 Å². The lowest BCUT2D eigenvalue weighted by molar-refractivity contribution is 0.234. The van der Waals surface area contributed by atoms with Crippen molar-refractivity contribution >= 4 is 0 Å². The third kappa shape index (κ3) is 6.12. The highest BCUT2D eigenvalue weighted by Gasteiger charge is 2.09. The summed E-state index contributed by atoms with van der Waals surface area (Å²) in [5.74, 6) is 0. The van der Waals surface area contributed by atoms with E-state index in [0.717, 1.165) is 13.1 Å². The molecule has 102 valence electrons. The van der Waals surface area contributed by atoms with E-state index >= 15 is 0 Å². The van der Waals surface area contributed by atoms with Crippen LogP contribution >= 0.6 is 0 Å². The second-order valence-electron chi connectivity index (χ2n) is 5.37. The van der Waals surface area contributed by atoms with Crippen LogP contribution in [0.2, 0.25) is 0 Å². The molecular weight excluding hydrogens is 222 g/mol. The van der Waals surface area contributed by atoms with Gasteiger partial charge in [0.05, 0.1) is 0 Å². The smallest absolute Gasteiger partial charge is 0.0271 e. The number of rotatable bonds is 8. The molecule has 0 aliphatic rings. The van der Waals surface area contributed by atoms with Crippen molar-refractivity contribution in [2.45, 2.75) is 52.2 Å². The summed E-state index contributed by atoms with van der Waals surface area (Å²) in [6.07, 6.45) is 6.20. The Hall–Kier alpha value is -0.930. The van der Waals surface area contributed by atoms with Gasteiger partial charge in [0.1, 0.15) is 0 Å². The van der Waals surface area contributed by atoms with Gasteiger partial charge in [-0.2, -0.15) is 0 Å². The van der Waals surface area contributed by atoms with Crippen molar-refractivity contribution < 1.29 is 0 Å². The average molecular weight is 249 g/mol. The van der Waals surface area contributed by atoms with Crippen molar-refractivity contribution in [3.8, 4) is 0 Å². The number of hydrogen-bond acceptors (Lipinski definition) is 3. The summed E-state index contributed by atoms with van der Waals surface area (Å²) in [5, 5.41) is 3.46. The van der Waals surface area contributed by atoms with E-state index in [-0.39, 0.29) is 0 Å². The molecule has 1 aromatic heterocycles. The normalized spacial score (nSPS) is 13.2. The largest absolute Gasteiger partial charge is 0.315 e. The van der Waals surface area contributed by atoms with Crippen LogP contribution in [0.5, 0.6) is 0 Å². The van der Waals surface area contributed by atoms with Crippen molar-refractivity contribution in [2.24, 2.45) is 0 Å². The van der Waals surface area contributed by atoms with E-state index in [0.29, 0.717) is 12.1 Å². The van der Waals surface area contributed by atoms with Crippen LogP contribution in [0.15, 0.2) is 24.5 Å². The molecule has 1 atom stereocenters. The molecule has 0 bridgehead atoms. The molecule has 18 heavy (non-hydrogen) atoms. The maximum atomic E-state index is 4.05. The molecular formula is C15H27N3. The molecule has 0 radical (unpaired) electrons. The van der Waals surface area contributed by atoms with Crippen molar-refractivity contribution in [3.63, 3.8) is 0 Å². The van der Waals surface area contributed by atoms with E-state index in [9.17, 15) is 0 Å². The molecule has 1 unspecified atom stereocenters. The number of pyridine rings is 1. The zero-order valence-corrected chi connectivity index (χ0v) is 12.2. The van der Waals surface area contributed by atoms with Crippen LogP contribution in [-0.2, 0) is 6.54 Å². The first-order chi connectivity index (χ1) is 8.59. The van der Waals surface area contributed by atoms with Crippen LogP contribution in [0.1, 0.15) is 39.2 Å². The Bertz CT molecular complexity index is 311. The van der Waals surface area contributed by atoms with Gasteiger partial charge in [0.2, 0.25) is 0 Å². The molecule has 1 aromatic rings. The van der Waals surface area contributed by atoms with Gasteiger partial charge in [-0.1, -0.05) is 13.8 Å². The van der Waals surface area contributed by atoms with E-state index in [1.165, 1.54) is 18.4 Å². The van der Waals surface area contributed by atoms with Crippen LogP contribution in [0, 0.1) is 0 Å². The predicted octanol–water partition coefficient (Wildman–Crippen LogP) is 2.68. The van der Waals surface area contributed by atoms with Crippen molar-refractivity contribution in [2.75, 3.05) is 13.6 Å². The number of nitrogens with zero attached hydrogens (tertiary/aromatic N) is 2. The molecule has 0 fully saturated rings. The standard InChI is InChI=1S/C15H27N3/c1-13(2)17-9-5-6-14(3)18(4)12-15-7-10-16-11-8-15/h7-8,10-11,13-14,17H,5-6,9,12H2,1-4H3. The minimum atomic E-state index is 0.592. The summed E-state index contributed by atoms with van der Waals surface area (Å²) in [6, 6.07) is 5.38. The molecule has 0 spiro atoms. The van der Waals surface area contributed by atoms with Gasteiger partial charge in [-0.15, -0.1) is 0 Å². The predicted molar refractivity (Wildman–Crippen MR) is 77.5 cm³/mol. The topological polar surface area (TPSA) is 28.2 Å². The summed E-state index contributed by atoms with van der Waals surface area (Å²) in [6.45, 7) is 8.81. The molecule has 0 saturated carbocycles. The van der Waals surface area contributed by atoms with E-state index in [4.69, 9.17) is 0 Å². The molecule has 0 aromatic carbocycles. The molecule has 0 saturated heterocycles. The minimum Gasteiger partial charge on any atom is -0.315 e. The lowest BCUT2D eigenvalue weighted by Crippen LogP contribution is -2.30. The molecule has 0 amide bonds.